The van der Waals surface area contributed by atoms with Crippen LogP contribution in [0.25, 0.3) is 5.76 Å². The van der Waals surface area contributed by atoms with Gasteiger partial charge in [-0.15, -0.1) is 0 Å². The lowest BCUT2D eigenvalue weighted by Crippen LogP contribution is -2.29. The molecule has 0 radical (unpaired) electrons. The minimum atomic E-state index is -0.852. The Kier molecular flexibility index (Phi) is 5.53. The van der Waals surface area contributed by atoms with Crippen molar-refractivity contribution in [2.75, 3.05) is 0 Å². The number of pyridine rings is 2. The molecule has 1 aliphatic rings. The van der Waals surface area contributed by atoms with E-state index in [4.69, 9.17) is 23.2 Å². The standard InChI is InChI=1S/C22H15Cl2N3O3/c23-16-5-4-14(11-17(16)24)19-18(20(28)13-6-9-25-10-7-13)21(29)22(30)27(19)12-15-3-1-2-8-26-15/h1-11,19,28H,12H2/b20-18-. The van der Waals surface area contributed by atoms with Gasteiger partial charge >= 0.3 is 0 Å². The number of rotatable bonds is 4. The van der Waals surface area contributed by atoms with Gasteiger partial charge in [-0.1, -0.05) is 35.3 Å². The number of hydrogen-bond acceptors (Lipinski definition) is 5. The van der Waals surface area contributed by atoms with Crippen LogP contribution in [-0.4, -0.2) is 31.7 Å². The predicted octanol–water partition coefficient (Wildman–Crippen LogP) is 4.41. The van der Waals surface area contributed by atoms with Crippen LogP contribution in [0.15, 0.2) is 72.7 Å². The summed E-state index contributed by atoms with van der Waals surface area (Å²) in [5.41, 5.74) is 1.51. The van der Waals surface area contributed by atoms with Gasteiger partial charge in [0, 0.05) is 24.2 Å². The SMILES string of the molecule is O=C1C(=O)N(Cc2ccccn2)C(c2ccc(Cl)c(Cl)c2)/C1=C(/O)c1ccncc1. The first-order valence-corrected chi connectivity index (χ1v) is 9.76. The summed E-state index contributed by atoms with van der Waals surface area (Å²) in [5, 5.41) is 11.5. The summed E-state index contributed by atoms with van der Waals surface area (Å²) in [6, 6.07) is 12.4. The van der Waals surface area contributed by atoms with E-state index in [2.05, 4.69) is 9.97 Å². The average Bonchev–Trinajstić information content (AvgIpc) is 3.01. The number of benzene rings is 1. The average molecular weight is 440 g/mol. The summed E-state index contributed by atoms with van der Waals surface area (Å²) in [4.78, 5) is 35.4. The highest BCUT2D eigenvalue weighted by Gasteiger charge is 2.46. The first-order valence-electron chi connectivity index (χ1n) is 9.01. The third-order valence-electron chi connectivity index (χ3n) is 4.81. The van der Waals surface area contributed by atoms with Crippen molar-refractivity contribution in [3.8, 4) is 0 Å². The van der Waals surface area contributed by atoms with Crippen molar-refractivity contribution in [3.05, 3.63) is 99.6 Å². The van der Waals surface area contributed by atoms with Gasteiger partial charge < -0.3 is 10.0 Å². The maximum atomic E-state index is 13.0. The zero-order valence-electron chi connectivity index (χ0n) is 15.5. The second-order valence-electron chi connectivity index (χ2n) is 6.66. The van der Waals surface area contributed by atoms with Gasteiger partial charge in [0.2, 0.25) is 0 Å². The number of Topliss-reactive ketones (excluding diaryl/α,β-unsaturated/α-hetero) is 1. The summed E-state index contributed by atoms with van der Waals surface area (Å²) < 4.78 is 0. The van der Waals surface area contributed by atoms with Gasteiger partial charge in [-0.05, 0) is 42.0 Å². The molecule has 2 aromatic heterocycles. The van der Waals surface area contributed by atoms with Crippen molar-refractivity contribution in [1.29, 1.82) is 0 Å². The van der Waals surface area contributed by atoms with Gasteiger partial charge in [0.25, 0.3) is 11.7 Å². The van der Waals surface area contributed by atoms with Crippen molar-refractivity contribution in [3.63, 3.8) is 0 Å². The molecular weight excluding hydrogens is 425 g/mol. The highest BCUT2D eigenvalue weighted by Crippen LogP contribution is 2.41. The molecule has 6 nitrogen and oxygen atoms in total. The molecule has 0 saturated carbocycles. The second kappa shape index (κ2) is 8.26. The maximum absolute atomic E-state index is 13.0. The zero-order valence-corrected chi connectivity index (χ0v) is 17.0. The molecule has 3 heterocycles. The fraction of sp³-hybridized carbons (Fsp3) is 0.0909. The van der Waals surface area contributed by atoms with E-state index in [0.29, 0.717) is 21.8 Å². The van der Waals surface area contributed by atoms with E-state index in [1.165, 1.54) is 17.3 Å². The minimum Gasteiger partial charge on any atom is -0.507 e. The number of carbonyl (C=O) groups is 2. The van der Waals surface area contributed by atoms with E-state index in [-0.39, 0.29) is 22.9 Å². The van der Waals surface area contributed by atoms with Gasteiger partial charge in [0.15, 0.2) is 0 Å². The number of aliphatic hydroxyl groups excluding tert-OH is 1. The highest BCUT2D eigenvalue weighted by atomic mass is 35.5. The monoisotopic (exact) mass is 439 g/mol. The maximum Gasteiger partial charge on any atom is 0.296 e. The molecule has 30 heavy (non-hydrogen) atoms. The Labute approximate surface area is 182 Å². The molecule has 4 rings (SSSR count). The van der Waals surface area contributed by atoms with Crippen LogP contribution in [-0.2, 0) is 16.1 Å². The van der Waals surface area contributed by atoms with Crippen LogP contribution in [0.2, 0.25) is 10.0 Å². The molecule has 1 saturated heterocycles. The number of hydrogen-bond donors (Lipinski definition) is 1. The van der Waals surface area contributed by atoms with E-state index in [9.17, 15) is 14.7 Å². The van der Waals surface area contributed by atoms with Crippen LogP contribution in [0.4, 0.5) is 0 Å². The Hall–Kier alpha value is -3.22. The molecule has 0 spiro atoms. The third-order valence-corrected chi connectivity index (χ3v) is 5.55. The van der Waals surface area contributed by atoms with Crippen molar-refractivity contribution in [1.82, 2.24) is 14.9 Å². The van der Waals surface area contributed by atoms with Crippen LogP contribution < -0.4 is 0 Å². The summed E-state index contributed by atoms with van der Waals surface area (Å²) in [6.45, 7) is 0.0868. The number of nitrogens with zero attached hydrogens (tertiary/aromatic N) is 3. The van der Waals surface area contributed by atoms with Crippen LogP contribution in [0.1, 0.15) is 22.9 Å². The number of aliphatic hydroxyl groups is 1. The molecule has 1 N–H and O–H groups in total. The van der Waals surface area contributed by atoms with Crippen molar-refractivity contribution < 1.29 is 14.7 Å². The van der Waals surface area contributed by atoms with Crippen molar-refractivity contribution in [2.45, 2.75) is 12.6 Å². The molecule has 1 aromatic carbocycles. The molecular formula is C22H15Cl2N3O3. The summed E-state index contributed by atoms with van der Waals surface area (Å²) in [6.07, 6.45) is 4.59. The lowest BCUT2D eigenvalue weighted by molar-refractivity contribution is -0.140. The van der Waals surface area contributed by atoms with E-state index in [1.54, 1.807) is 54.7 Å². The molecule has 0 aliphatic carbocycles. The lowest BCUT2D eigenvalue weighted by Gasteiger charge is -2.25. The fourth-order valence-electron chi connectivity index (χ4n) is 3.40. The first-order chi connectivity index (χ1) is 14.5. The zero-order chi connectivity index (χ0) is 21.3. The molecule has 8 heteroatoms. The van der Waals surface area contributed by atoms with Crippen LogP contribution in [0.5, 0.6) is 0 Å². The van der Waals surface area contributed by atoms with Crippen LogP contribution >= 0.6 is 23.2 Å². The first kappa shape index (κ1) is 20.1. The van der Waals surface area contributed by atoms with Gasteiger partial charge in [-0.2, -0.15) is 0 Å². The Morgan fingerprint density at radius 3 is 2.43 bits per heavy atom. The molecule has 3 aromatic rings. The fourth-order valence-corrected chi connectivity index (χ4v) is 3.71. The third kappa shape index (κ3) is 3.67. The van der Waals surface area contributed by atoms with Gasteiger partial charge in [-0.3, -0.25) is 19.6 Å². The van der Waals surface area contributed by atoms with Gasteiger partial charge in [0.1, 0.15) is 5.76 Å². The number of halogens is 2. The smallest absolute Gasteiger partial charge is 0.296 e. The number of likely N-dealkylation sites (tertiary alicyclic amines) is 1. The molecule has 1 unspecified atom stereocenters. The Morgan fingerprint density at radius 1 is 1.00 bits per heavy atom. The predicted molar refractivity (Wildman–Crippen MR) is 113 cm³/mol. The van der Waals surface area contributed by atoms with Crippen molar-refractivity contribution in [2.24, 2.45) is 0 Å². The number of ketones is 1. The largest absolute Gasteiger partial charge is 0.507 e. The lowest BCUT2D eigenvalue weighted by atomic mass is 9.95. The number of aromatic nitrogens is 2. The topological polar surface area (TPSA) is 83.4 Å². The quantitative estimate of drug-likeness (QED) is 0.369. The van der Waals surface area contributed by atoms with E-state index in [1.807, 2.05) is 0 Å². The molecule has 1 aliphatic heterocycles. The molecule has 0 bridgehead atoms. The normalized spacial score (nSPS) is 18.1. The Bertz CT molecular complexity index is 1150. The van der Waals surface area contributed by atoms with Gasteiger partial charge in [-0.25, -0.2) is 0 Å². The second-order valence-corrected chi connectivity index (χ2v) is 7.47. The number of carbonyl (C=O) groups excluding carboxylic acids is 2. The molecule has 1 amide bonds. The molecule has 150 valence electrons. The van der Waals surface area contributed by atoms with Crippen LogP contribution in [0.3, 0.4) is 0 Å². The number of amides is 1. The van der Waals surface area contributed by atoms with E-state index >= 15 is 0 Å². The summed E-state index contributed by atoms with van der Waals surface area (Å²) >= 11 is 12.2. The molecule has 1 fully saturated rings. The van der Waals surface area contributed by atoms with E-state index in [0.717, 1.165) is 0 Å². The van der Waals surface area contributed by atoms with Crippen LogP contribution in [0, 0.1) is 0 Å². The molecule has 1 atom stereocenters. The highest BCUT2D eigenvalue weighted by molar-refractivity contribution is 6.46. The Balaban J connectivity index is 1.88. The van der Waals surface area contributed by atoms with Crippen molar-refractivity contribution >= 4 is 40.7 Å². The van der Waals surface area contributed by atoms with E-state index < -0.39 is 17.7 Å². The summed E-state index contributed by atoms with van der Waals surface area (Å²) in [5.74, 6) is -1.79. The minimum absolute atomic E-state index is 0.0273. The van der Waals surface area contributed by atoms with Gasteiger partial charge in [0.05, 0.1) is 33.9 Å². The Morgan fingerprint density at radius 2 is 1.77 bits per heavy atom. The summed E-state index contributed by atoms with van der Waals surface area (Å²) in [7, 11) is 0.